The van der Waals surface area contributed by atoms with Gasteiger partial charge in [-0.1, -0.05) is 55.0 Å². The van der Waals surface area contributed by atoms with Gasteiger partial charge in [0.25, 0.3) is 0 Å². The molecule has 0 radical (unpaired) electrons. The van der Waals surface area contributed by atoms with E-state index in [0.717, 1.165) is 22.3 Å². The number of hydrogen-bond acceptors (Lipinski definition) is 4. The minimum atomic E-state index is -3.79. The van der Waals surface area contributed by atoms with Crippen LogP contribution in [0.3, 0.4) is 0 Å². The van der Waals surface area contributed by atoms with Gasteiger partial charge >= 0.3 is 5.97 Å². The Morgan fingerprint density at radius 3 is 2.23 bits per heavy atom. The standard InChI is InChI=1S/C25H31NO4S/c1-6-19-17-26(31(28,29)21-14-12-18(2)13-15-21)22(16-23(27)30-25(3,4)5)24(19)20-10-8-7-9-11-20/h7-15,22H,6,16-17H2,1-5H3. The molecule has 0 amide bonds. The zero-order valence-corrected chi connectivity index (χ0v) is 19.7. The maximum absolute atomic E-state index is 13.6. The fourth-order valence-corrected chi connectivity index (χ4v) is 5.51. The van der Waals surface area contributed by atoms with E-state index in [9.17, 15) is 13.2 Å². The highest BCUT2D eigenvalue weighted by molar-refractivity contribution is 7.89. The number of carbonyl (C=O) groups is 1. The molecule has 5 nitrogen and oxygen atoms in total. The monoisotopic (exact) mass is 441 g/mol. The summed E-state index contributed by atoms with van der Waals surface area (Å²) in [6.07, 6.45) is 0.672. The fraction of sp³-hybridized carbons (Fsp3) is 0.400. The fourth-order valence-electron chi connectivity index (χ4n) is 3.92. The molecule has 1 atom stereocenters. The molecule has 0 saturated carbocycles. The van der Waals surface area contributed by atoms with Crippen LogP contribution in [-0.4, -0.2) is 36.9 Å². The largest absolute Gasteiger partial charge is 0.460 e. The normalized spacial score (nSPS) is 17.8. The summed E-state index contributed by atoms with van der Waals surface area (Å²) in [7, 11) is -3.79. The number of benzene rings is 2. The lowest BCUT2D eigenvalue weighted by atomic mass is 9.94. The van der Waals surface area contributed by atoms with E-state index in [1.165, 1.54) is 4.31 Å². The molecule has 1 aliphatic rings. The van der Waals surface area contributed by atoms with Gasteiger partial charge in [0.2, 0.25) is 10.0 Å². The van der Waals surface area contributed by atoms with Crippen LogP contribution < -0.4 is 0 Å². The molecular weight excluding hydrogens is 410 g/mol. The van der Waals surface area contributed by atoms with E-state index in [0.29, 0.717) is 6.42 Å². The first kappa shape index (κ1) is 23.2. The summed E-state index contributed by atoms with van der Waals surface area (Å²) in [5, 5.41) is 0. The van der Waals surface area contributed by atoms with Crippen molar-refractivity contribution in [1.82, 2.24) is 4.31 Å². The zero-order chi connectivity index (χ0) is 22.8. The van der Waals surface area contributed by atoms with Crippen molar-refractivity contribution >= 4 is 21.6 Å². The molecule has 0 aliphatic carbocycles. The zero-order valence-electron chi connectivity index (χ0n) is 18.9. The van der Waals surface area contributed by atoms with Gasteiger partial charge in [-0.2, -0.15) is 4.31 Å². The summed E-state index contributed by atoms with van der Waals surface area (Å²) < 4.78 is 34.2. The molecule has 2 aromatic carbocycles. The molecule has 0 bridgehead atoms. The first-order valence-corrected chi connectivity index (χ1v) is 12.0. The van der Waals surface area contributed by atoms with Crippen molar-refractivity contribution in [2.45, 2.75) is 64.0 Å². The van der Waals surface area contributed by atoms with Crippen LogP contribution in [0.25, 0.3) is 5.57 Å². The van der Waals surface area contributed by atoms with Crippen molar-refractivity contribution in [3.8, 4) is 0 Å². The Kier molecular flexibility index (Phi) is 6.72. The van der Waals surface area contributed by atoms with Crippen molar-refractivity contribution in [3.05, 3.63) is 71.3 Å². The van der Waals surface area contributed by atoms with Crippen LogP contribution in [0.4, 0.5) is 0 Å². The number of rotatable bonds is 6. The molecule has 166 valence electrons. The van der Waals surface area contributed by atoms with Gasteiger partial charge in [-0.05, 0) is 63.0 Å². The molecular formula is C25H31NO4S. The van der Waals surface area contributed by atoms with Crippen LogP contribution in [0.15, 0.2) is 65.1 Å². The molecule has 2 aromatic rings. The Hall–Kier alpha value is -2.44. The third-order valence-corrected chi connectivity index (χ3v) is 7.20. The van der Waals surface area contributed by atoms with E-state index in [1.54, 1.807) is 24.3 Å². The first-order chi connectivity index (χ1) is 14.5. The van der Waals surface area contributed by atoms with E-state index in [1.807, 2.05) is 65.0 Å². The van der Waals surface area contributed by atoms with Crippen molar-refractivity contribution in [1.29, 1.82) is 0 Å². The molecule has 31 heavy (non-hydrogen) atoms. The minimum Gasteiger partial charge on any atom is -0.460 e. The summed E-state index contributed by atoms with van der Waals surface area (Å²) in [6.45, 7) is 9.64. The summed E-state index contributed by atoms with van der Waals surface area (Å²) in [4.78, 5) is 13.0. The lowest BCUT2D eigenvalue weighted by Crippen LogP contribution is -2.39. The number of ether oxygens (including phenoxy) is 1. The topological polar surface area (TPSA) is 63.7 Å². The molecule has 0 N–H and O–H groups in total. The highest BCUT2D eigenvalue weighted by Crippen LogP contribution is 2.39. The van der Waals surface area contributed by atoms with Crippen molar-refractivity contribution < 1.29 is 17.9 Å². The molecule has 0 spiro atoms. The SMILES string of the molecule is CCC1=C(c2ccccc2)C(CC(=O)OC(C)(C)C)N(S(=O)(=O)c2ccc(C)cc2)C1. The van der Waals surface area contributed by atoms with Crippen LogP contribution in [0.5, 0.6) is 0 Å². The quantitative estimate of drug-likeness (QED) is 0.594. The predicted octanol–water partition coefficient (Wildman–Crippen LogP) is 4.96. The second-order valence-electron chi connectivity index (χ2n) is 8.91. The molecule has 1 aliphatic heterocycles. The van der Waals surface area contributed by atoms with Crippen molar-refractivity contribution in [2.75, 3.05) is 6.54 Å². The van der Waals surface area contributed by atoms with Crippen LogP contribution in [-0.2, 0) is 19.6 Å². The van der Waals surface area contributed by atoms with Crippen LogP contribution >= 0.6 is 0 Å². The van der Waals surface area contributed by atoms with Crippen LogP contribution in [0.1, 0.15) is 51.7 Å². The predicted molar refractivity (Wildman–Crippen MR) is 123 cm³/mol. The lowest BCUT2D eigenvalue weighted by Gasteiger charge is -2.28. The first-order valence-electron chi connectivity index (χ1n) is 10.6. The molecule has 0 aromatic heterocycles. The molecule has 3 rings (SSSR count). The van der Waals surface area contributed by atoms with E-state index in [2.05, 4.69) is 0 Å². The van der Waals surface area contributed by atoms with Gasteiger partial charge in [0, 0.05) is 6.54 Å². The Morgan fingerprint density at radius 2 is 1.68 bits per heavy atom. The maximum atomic E-state index is 13.6. The lowest BCUT2D eigenvalue weighted by molar-refractivity contribution is -0.155. The smallest absolute Gasteiger partial charge is 0.308 e. The van der Waals surface area contributed by atoms with Crippen LogP contribution in [0, 0.1) is 6.92 Å². The molecule has 0 fully saturated rings. The Balaban J connectivity index is 2.06. The van der Waals surface area contributed by atoms with E-state index in [4.69, 9.17) is 4.74 Å². The second-order valence-corrected chi connectivity index (χ2v) is 10.8. The Labute approximate surface area is 185 Å². The van der Waals surface area contributed by atoms with E-state index in [-0.39, 0.29) is 17.9 Å². The van der Waals surface area contributed by atoms with Gasteiger partial charge in [0.1, 0.15) is 5.60 Å². The summed E-state index contributed by atoms with van der Waals surface area (Å²) in [5.41, 5.74) is 3.22. The van der Waals surface area contributed by atoms with E-state index >= 15 is 0 Å². The van der Waals surface area contributed by atoms with Crippen molar-refractivity contribution in [3.63, 3.8) is 0 Å². The number of hydrogen-bond donors (Lipinski definition) is 0. The van der Waals surface area contributed by atoms with Gasteiger partial charge in [-0.15, -0.1) is 0 Å². The number of aryl methyl sites for hydroxylation is 1. The third-order valence-electron chi connectivity index (χ3n) is 5.33. The van der Waals surface area contributed by atoms with E-state index < -0.39 is 27.6 Å². The Morgan fingerprint density at radius 1 is 1.06 bits per heavy atom. The highest BCUT2D eigenvalue weighted by atomic mass is 32.2. The van der Waals surface area contributed by atoms with Crippen molar-refractivity contribution in [2.24, 2.45) is 0 Å². The summed E-state index contributed by atoms with van der Waals surface area (Å²) in [6, 6.07) is 15.9. The Bertz CT molecular complexity index is 1060. The molecule has 1 heterocycles. The third kappa shape index (κ3) is 5.25. The minimum absolute atomic E-state index is 0.0317. The summed E-state index contributed by atoms with van der Waals surface area (Å²) >= 11 is 0. The van der Waals surface area contributed by atoms with Gasteiger partial charge in [-0.3, -0.25) is 4.79 Å². The number of sulfonamides is 1. The number of carbonyl (C=O) groups excluding carboxylic acids is 1. The second kappa shape index (κ2) is 8.97. The molecule has 0 saturated heterocycles. The van der Waals surface area contributed by atoms with Crippen LogP contribution in [0.2, 0.25) is 0 Å². The van der Waals surface area contributed by atoms with Gasteiger partial charge in [-0.25, -0.2) is 8.42 Å². The summed E-state index contributed by atoms with van der Waals surface area (Å²) in [5.74, 6) is -0.410. The molecule has 6 heteroatoms. The van der Waals surface area contributed by atoms with Gasteiger partial charge in [0.15, 0.2) is 0 Å². The molecule has 1 unspecified atom stereocenters. The average molecular weight is 442 g/mol. The average Bonchev–Trinajstić information content (AvgIpc) is 3.06. The highest BCUT2D eigenvalue weighted by Gasteiger charge is 2.42. The number of nitrogens with zero attached hydrogens (tertiary/aromatic N) is 1. The van der Waals surface area contributed by atoms with Gasteiger partial charge < -0.3 is 4.74 Å². The number of esters is 1. The van der Waals surface area contributed by atoms with Gasteiger partial charge in [0.05, 0.1) is 17.4 Å². The maximum Gasteiger partial charge on any atom is 0.308 e.